The molecule has 0 aliphatic heterocycles. The lowest BCUT2D eigenvalue weighted by Gasteiger charge is -1.96. The Hall–Kier alpha value is -0.320. The SMILES string of the molecule is O.O.OCC(O)CO.OCCOCCO. The summed E-state index contributed by atoms with van der Waals surface area (Å²) in [7, 11) is 0. The van der Waals surface area contributed by atoms with Gasteiger partial charge in [-0.2, -0.15) is 0 Å². The molecular formula is C7H22O8. The van der Waals surface area contributed by atoms with E-state index in [1.165, 1.54) is 0 Å². The van der Waals surface area contributed by atoms with Gasteiger partial charge in [0.15, 0.2) is 0 Å². The van der Waals surface area contributed by atoms with Gasteiger partial charge in [-0.25, -0.2) is 0 Å². The molecule has 9 N–H and O–H groups in total. The quantitative estimate of drug-likeness (QED) is 0.290. The normalized spacial score (nSPS) is 8.40. The average Bonchev–Trinajstić information content (AvgIpc) is 2.18. The van der Waals surface area contributed by atoms with E-state index in [0.717, 1.165) is 0 Å². The highest BCUT2D eigenvalue weighted by atomic mass is 16.5. The summed E-state index contributed by atoms with van der Waals surface area (Å²) in [4.78, 5) is 0. The van der Waals surface area contributed by atoms with Crippen molar-refractivity contribution in [3.8, 4) is 0 Å². The van der Waals surface area contributed by atoms with Gasteiger partial charge < -0.3 is 41.2 Å². The lowest BCUT2D eigenvalue weighted by atomic mass is 10.4. The fraction of sp³-hybridized carbons (Fsp3) is 1.00. The van der Waals surface area contributed by atoms with Gasteiger partial charge in [0.25, 0.3) is 0 Å². The van der Waals surface area contributed by atoms with E-state index in [9.17, 15) is 0 Å². The molecule has 0 aromatic heterocycles. The lowest BCUT2D eigenvalue weighted by Crippen LogP contribution is -2.15. The minimum absolute atomic E-state index is 0. The summed E-state index contributed by atoms with van der Waals surface area (Å²) in [5, 5.41) is 40.2. The Morgan fingerprint density at radius 3 is 1.27 bits per heavy atom. The molecule has 98 valence electrons. The van der Waals surface area contributed by atoms with Crippen molar-refractivity contribution >= 4 is 0 Å². The Kier molecular flexibility index (Phi) is 37.7. The largest absolute Gasteiger partial charge is 0.412 e. The summed E-state index contributed by atoms with van der Waals surface area (Å²) in [6, 6.07) is 0. The zero-order valence-electron chi connectivity index (χ0n) is 8.46. The zero-order chi connectivity index (χ0) is 10.5. The van der Waals surface area contributed by atoms with Gasteiger partial charge in [-0.3, -0.25) is 0 Å². The Morgan fingerprint density at radius 2 is 1.13 bits per heavy atom. The van der Waals surface area contributed by atoms with Crippen LogP contribution >= 0.6 is 0 Å². The minimum atomic E-state index is -0.954. The molecule has 0 rings (SSSR count). The van der Waals surface area contributed by atoms with E-state index in [4.69, 9.17) is 25.5 Å². The number of aliphatic hydroxyl groups is 5. The van der Waals surface area contributed by atoms with Crippen LogP contribution in [-0.2, 0) is 4.74 Å². The maximum Gasteiger partial charge on any atom is 0.100 e. The van der Waals surface area contributed by atoms with Crippen LogP contribution in [-0.4, -0.2) is 82.2 Å². The summed E-state index contributed by atoms with van der Waals surface area (Å²) >= 11 is 0. The first-order chi connectivity index (χ1) is 6.22. The van der Waals surface area contributed by atoms with E-state index in [1.54, 1.807) is 0 Å². The highest BCUT2D eigenvalue weighted by Gasteiger charge is 1.93. The number of rotatable bonds is 6. The van der Waals surface area contributed by atoms with Crippen LogP contribution in [0.25, 0.3) is 0 Å². The first-order valence-electron chi connectivity index (χ1n) is 3.92. The van der Waals surface area contributed by atoms with Crippen molar-refractivity contribution in [2.75, 3.05) is 39.6 Å². The van der Waals surface area contributed by atoms with Crippen molar-refractivity contribution in [3.63, 3.8) is 0 Å². The van der Waals surface area contributed by atoms with Crippen LogP contribution in [0.5, 0.6) is 0 Å². The number of ether oxygens (including phenoxy) is 1. The van der Waals surface area contributed by atoms with Crippen molar-refractivity contribution in [2.24, 2.45) is 0 Å². The van der Waals surface area contributed by atoms with Gasteiger partial charge >= 0.3 is 0 Å². The van der Waals surface area contributed by atoms with E-state index < -0.39 is 6.10 Å². The average molecular weight is 234 g/mol. The maximum absolute atomic E-state index is 8.17. The van der Waals surface area contributed by atoms with Crippen LogP contribution in [0, 0.1) is 0 Å². The monoisotopic (exact) mass is 234 g/mol. The predicted molar refractivity (Wildman–Crippen MR) is 52.4 cm³/mol. The van der Waals surface area contributed by atoms with Crippen molar-refractivity contribution in [1.82, 2.24) is 0 Å². The number of hydrogen-bond acceptors (Lipinski definition) is 6. The Labute approximate surface area is 88.0 Å². The standard InChI is InChI=1S/C4H10O3.C3H8O3.2H2O/c5-1-3-7-4-2-6;4-1-3(6)2-5;;/h5-6H,1-4H2;3-6H,1-2H2;2*1H2. The highest BCUT2D eigenvalue weighted by molar-refractivity contribution is 4.44. The molecule has 0 aliphatic carbocycles. The molecule has 0 amide bonds. The van der Waals surface area contributed by atoms with Crippen molar-refractivity contribution in [3.05, 3.63) is 0 Å². The van der Waals surface area contributed by atoms with E-state index in [2.05, 4.69) is 4.74 Å². The summed E-state index contributed by atoms with van der Waals surface area (Å²) < 4.78 is 4.63. The second kappa shape index (κ2) is 23.5. The smallest absolute Gasteiger partial charge is 0.100 e. The van der Waals surface area contributed by atoms with Crippen molar-refractivity contribution < 1.29 is 41.2 Å². The summed E-state index contributed by atoms with van der Waals surface area (Å²) in [6.45, 7) is -0.0336. The van der Waals surface area contributed by atoms with Gasteiger partial charge in [-0.05, 0) is 0 Å². The van der Waals surface area contributed by atoms with Crippen LogP contribution < -0.4 is 0 Å². The summed E-state index contributed by atoms with van der Waals surface area (Å²) in [5.74, 6) is 0. The van der Waals surface area contributed by atoms with E-state index in [1.807, 2.05) is 0 Å². The van der Waals surface area contributed by atoms with Crippen LogP contribution in [0.2, 0.25) is 0 Å². The molecule has 0 spiro atoms. The zero-order valence-corrected chi connectivity index (χ0v) is 8.46. The fourth-order valence-electron chi connectivity index (χ4n) is 0.289. The molecule has 0 aromatic carbocycles. The molecule has 0 bridgehead atoms. The maximum atomic E-state index is 8.17. The molecule has 0 saturated heterocycles. The molecule has 0 saturated carbocycles. The van der Waals surface area contributed by atoms with Gasteiger partial charge in [0.1, 0.15) is 6.10 Å². The molecule has 0 aromatic rings. The van der Waals surface area contributed by atoms with Gasteiger partial charge in [0, 0.05) is 0 Å². The van der Waals surface area contributed by atoms with E-state index in [-0.39, 0.29) is 37.4 Å². The van der Waals surface area contributed by atoms with Crippen LogP contribution in [0.15, 0.2) is 0 Å². The molecule has 0 heterocycles. The number of hydrogen-bond donors (Lipinski definition) is 5. The van der Waals surface area contributed by atoms with Crippen LogP contribution in [0.1, 0.15) is 0 Å². The third kappa shape index (κ3) is 31.6. The van der Waals surface area contributed by atoms with Crippen LogP contribution in [0.4, 0.5) is 0 Å². The van der Waals surface area contributed by atoms with Gasteiger partial charge in [0.05, 0.1) is 39.6 Å². The van der Waals surface area contributed by atoms with Gasteiger partial charge in [-0.15, -0.1) is 0 Å². The summed E-state index contributed by atoms with van der Waals surface area (Å²) in [5.41, 5.74) is 0. The molecule has 0 fully saturated rings. The first kappa shape index (κ1) is 24.1. The van der Waals surface area contributed by atoms with E-state index >= 15 is 0 Å². The minimum Gasteiger partial charge on any atom is -0.412 e. The molecule has 0 unspecified atom stereocenters. The Bertz CT molecular complexity index is 73.4. The molecule has 0 aliphatic rings. The highest BCUT2D eigenvalue weighted by Crippen LogP contribution is 1.71. The molecule has 0 atom stereocenters. The van der Waals surface area contributed by atoms with Gasteiger partial charge in [0.2, 0.25) is 0 Å². The first-order valence-corrected chi connectivity index (χ1v) is 3.92. The van der Waals surface area contributed by atoms with Gasteiger partial charge in [-0.1, -0.05) is 0 Å². The Balaban J connectivity index is -0.0000000718. The number of aliphatic hydroxyl groups excluding tert-OH is 5. The predicted octanol–water partition coefficient (Wildman–Crippen LogP) is -4.33. The molecular weight excluding hydrogens is 212 g/mol. The second-order valence-corrected chi connectivity index (χ2v) is 2.08. The van der Waals surface area contributed by atoms with Crippen LogP contribution in [0.3, 0.4) is 0 Å². The summed E-state index contributed by atoms with van der Waals surface area (Å²) in [6.07, 6.45) is -0.954. The molecule has 8 heteroatoms. The second-order valence-electron chi connectivity index (χ2n) is 2.08. The topological polar surface area (TPSA) is 173 Å². The third-order valence-corrected chi connectivity index (χ3v) is 0.893. The van der Waals surface area contributed by atoms with E-state index in [0.29, 0.717) is 13.2 Å². The lowest BCUT2D eigenvalue weighted by molar-refractivity contribution is 0.0450. The van der Waals surface area contributed by atoms with Crippen molar-refractivity contribution in [2.45, 2.75) is 6.10 Å². The van der Waals surface area contributed by atoms with Crippen molar-refractivity contribution in [1.29, 1.82) is 0 Å². The molecule has 0 radical (unpaired) electrons. The third-order valence-electron chi connectivity index (χ3n) is 0.893. The molecule has 8 nitrogen and oxygen atoms in total. The fourth-order valence-corrected chi connectivity index (χ4v) is 0.289. The molecule has 15 heavy (non-hydrogen) atoms. The Morgan fingerprint density at radius 1 is 0.800 bits per heavy atom.